The fourth-order valence-electron chi connectivity index (χ4n) is 2.63. The molecule has 1 aliphatic heterocycles. The van der Waals surface area contributed by atoms with Gasteiger partial charge >= 0.3 is 0 Å². The number of carbonyl (C=O) groups is 1. The number of aliphatic hydroxyl groups excluding tert-OH is 1. The summed E-state index contributed by atoms with van der Waals surface area (Å²) < 4.78 is 0.937. The topological polar surface area (TPSA) is 43.8 Å². The smallest absolute Gasteiger partial charge is 0.254 e. The first kappa shape index (κ1) is 15.5. The molecule has 0 aromatic heterocycles. The largest absolute Gasteiger partial charge is 0.391 e. The molecule has 1 fully saturated rings. The van der Waals surface area contributed by atoms with Gasteiger partial charge in [-0.05, 0) is 45.1 Å². The molecule has 2 unspecified atom stereocenters. The van der Waals surface area contributed by atoms with Crippen LogP contribution in [0.2, 0.25) is 0 Å². The van der Waals surface area contributed by atoms with Crippen LogP contribution < -0.4 is 0 Å². The molecule has 1 saturated heterocycles. The third kappa shape index (κ3) is 3.40. The zero-order chi connectivity index (χ0) is 14.9. The van der Waals surface area contributed by atoms with Gasteiger partial charge in [0.2, 0.25) is 0 Å². The van der Waals surface area contributed by atoms with E-state index in [2.05, 4.69) is 15.9 Å². The molecule has 0 saturated carbocycles. The zero-order valence-electron chi connectivity index (χ0n) is 12.1. The van der Waals surface area contributed by atoms with Crippen LogP contribution in [-0.2, 0) is 0 Å². The van der Waals surface area contributed by atoms with Crippen LogP contribution in [0, 0.1) is 6.92 Å². The first-order valence-corrected chi connectivity index (χ1v) is 7.57. The maximum atomic E-state index is 12.6. The van der Waals surface area contributed by atoms with Gasteiger partial charge in [-0.25, -0.2) is 0 Å². The number of likely N-dealkylation sites (tertiary alicyclic amines) is 1. The highest BCUT2D eigenvalue weighted by molar-refractivity contribution is 9.10. The maximum absolute atomic E-state index is 12.6. The van der Waals surface area contributed by atoms with Crippen LogP contribution in [0.4, 0.5) is 0 Å². The van der Waals surface area contributed by atoms with Gasteiger partial charge in [-0.2, -0.15) is 0 Å². The summed E-state index contributed by atoms with van der Waals surface area (Å²) in [6.45, 7) is 3.19. The number of aliphatic hydroxyl groups is 1. The molecule has 2 atom stereocenters. The molecule has 4 nitrogen and oxygen atoms in total. The number of amides is 1. The lowest BCUT2D eigenvalue weighted by Gasteiger charge is -2.27. The number of β-amino-alcohol motifs (C(OH)–C–C–N with tert-alkyl or cyclic N) is 1. The molecule has 110 valence electrons. The van der Waals surface area contributed by atoms with Crippen LogP contribution in [0.1, 0.15) is 22.3 Å². The van der Waals surface area contributed by atoms with Crippen LogP contribution in [-0.4, -0.2) is 60.1 Å². The summed E-state index contributed by atoms with van der Waals surface area (Å²) in [5.74, 6) is -0.00546. The van der Waals surface area contributed by atoms with Gasteiger partial charge in [-0.3, -0.25) is 4.79 Å². The van der Waals surface area contributed by atoms with E-state index in [1.165, 1.54) is 0 Å². The van der Waals surface area contributed by atoms with Crippen molar-refractivity contribution in [3.8, 4) is 0 Å². The molecule has 2 rings (SSSR count). The lowest BCUT2D eigenvalue weighted by molar-refractivity contribution is 0.0699. The Morgan fingerprint density at radius 2 is 2.20 bits per heavy atom. The normalized spacial score (nSPS) is 22.6. The van der Waals surface area contributed by atoms with Gasteiger partial charge in [0, 0.05) is 29.2 Å². The number of hydrogen-bond acceptors (Lipinski definition) is 3. The van der Waals surface area contributed by atoms with Crippen LogP contribution in [0.25, 0.3) is 0 Å². The Hall–Kier alpha value is -0.910. The lowest BCUT2D eigenvalue weighted by Crippen LogP contribution is -2.41. The predicted octanol–water partition coefficient (Wildman–Crippen LogP) is 1.89. The number of benzene rings is 1. The number of halogens is 1. The van der Waals surface area contributed by atoms with Crippen molar-refractivity contribution in [1.29, 1.82) is 0 Å². The first-order chi connectivity index (χ1) is 9.38. The minimum absolute atomic E-state index is 0.00546. The molecule has 20 heavy (non-hydrogen) atoms. The number of rotatable bonds is 3. The number of aryl methyl sites for hydroxylation is 1. The van der Waals surface area contributed by atoms with Crippen molar-refractivity contribution in [2.75, 3.05) is 27.2 Å². The molecule has 1 aliphatic rings. The molecule has 1 heterocycles. The molecule has 1 amide bonds. The standard InChI is InChI=1S/C15H21BrN2O2/c1-10-4-5-11(6-14(10)16)15(20)18-9-13(19)7-12(18)8-17(2)3/h4-6,12-13,19H,7-9H2,1-3H3. The molecule has 5 heteroatoms. The molecular weight excluding hydrogens is 320 g/mol. The Kier molecular flexibility index (Phi) is 4.83. The Labute approximate surface area is 128 Å². The van der Waals surface area contributed by atoms with Crippen molar-refractivity contribution in [3.05, 3.63) is 33.8 Å². The van der Waals surface area contributed by atoms with E-state index in [0.29, 0.717) is 18.5 Å². The van der Waals surface area contributed by atoms with E-state index in [0.717, 1.165) is 16.6 Å². The minimum atomic E-state index is -0.419. The molecule has 1 aromatic rings. The number of hydrogen-bond donors (Lipinski definition) is 1. The summed E-state index contributed by atoms with van der Waals surface area (Å²) >= 11 is 3.46. The Bertz CT molecular complexity index is 505. The summed E-state index contributed by atoms with van der Waals surface area (Å²) in [5, 5.41) is 9.86. The van der Waals surface area contributed by atoms with Crippen molar-refractivity contribution < 1.29 is 9.90 Å². The third-order valence-corrected chi connectivity index (χ3v) is 4.50. The minimum Gasteiger partial charge on any atom is -0.391 e. The molecule has 1 aromatic carbocycles. The van der Waals surface area contributed by atoms with Gasteiger partial charge in [0.05, 0.1) is 6.10 Å². The maximum Gasteiger partial charge on any atom is 0.254 e. The summed E-state index contributed by atoms with van der Waals surface area (Å²) in [7, 11) is 3.96. The molecule has 0 spiro atoms. The van der Waals surface area contributed by atoms with Crippen LogP contribution >= 0.6 is 15.9 Å². The summed E-state index contributed by atoms with van der Waals surface area (Å²) in [4.78, 5) is 16.5. The van der Waals surface area contributed by atoms with E-state index < -0.39 is 6.10 Å². The quantitative estimate of drug-likeness (QED) is 0.913. The summed E-state index contributed by atoms with van der Waals surface area (Å²) in [6, 6.07) is 5.72. The molecule has 0 radical (unpaired) electrons. The molecule has 0 aliphatic carbocycles. The van der Waals surface area contributed by atoms with Crippen molar-refractivity contribution in [2.24, 2.45) is 0 Å². The second kappa shape index (κ2) is 6.24. The Balaban J connectivity index is 2.19. The van der Waals surface area contributed by atoms with Crippen molar-refractivity contribution in [3.63, 3.8) is 0 Å². The first-order valence-electron chi connectivity index (χ1n) is 6.78. The van der Waals surface area contributed by atoms with Crippen LogP contribution in [0.3, 0.4) is 0 Å². The second-order valence-corrected chi connectivity index (χ2v) is 6.58. The zero-order valence-corrected chi connectivity index (χ0v) is 13.7. The van der Waals surface area contributed by atoms with E-state index in [9.17, 15) is 9.90 Å². The van der Waals surface area contributed by atoms with Gasteiger partial charge in [-0.15, -0.1) is 0 Å². The number of carbonyl (C=O) groups excluding carboxylic acids is 1. The predicted molar refractivity (Wildman–Crippen MR) is 82.9 cm³/mol. The second-order valence-electron chi connectivity index (χ2n) is 5.73. The highest BCUT2D eigenvalue weighted by atomic mass is 79.9. The van der Waals surface area contributed by atoms with Crippen LogP contribution in [0.5, 0.6) is 0 Å². The SMILES string of the molecule is Cc1ccc(C(=O)N2CC(O)CC2CN(C)C)cc1Br. The average molecular weight is 341 g/mol. The molecular formula is C15H21BrN2O2. The number of nitrogens with zero attached hydrogens (tertiary/aromatic N) is 2. The fourth-order valence-corrected chi connectivity index (χ4v) is 3.01. The van der Waals surface area contributed by atoms with E-state index in [4.69, 9.17) is 0 Å². The molecule has 1 N–H and O–H groups in total. The summed E-state index contributed by atoms with van der Waals surface area (Å²) in [5.41, 5.74) is 1.77. The van der Waals surface area contributed by atoms with E-state index >= 15 is 0 Å². The number of likely N-dealkylation sites (N-methyl/N-ethyl adjacent to an activating group) is 1. The molecule has 0 bridgehead atoms. The van der Waals surface area contributed by atoms with Gasteiger partial charge in [0.1, 0.15) is 0 Å². The monoisotopic (exact) mass is 340 g/mol. The lowest BCUT2D eigenvalue weighted by atomic mass is 10.1. The van der Waals surface area contributed by atoms with E-state index in [1.807, 2.05) is 44.1 Å². The van der Waals surface area contributed by atoms with Crippen molar-refractivity contribution in [2.45, 2.75) is 25.5 Å². The average Bonchev–Trinajstić information content (AvgIpc) is 2.72. The van der Waals surface area contributed by atoms with Crippen molar-refractivity contribution >= 4 is 21.8 Å². The van der Waals surface area contributed by atoms with E-state index in [-0.39, 0.29) is 11.9 Å². The van der Waals surface area contributed by atoms with Gasteiger partial charge in [-0.1, -0.05) is 22.0 Å². The van der Waals surface area contributed by atoms with Gasteiger partial charge in [0.15, 0.2) is 0 Å². The fraction of sp³-hybridized carbons (Fsp3) is 0.533. The summed E-state index contributed by atoms with van der Waals surface area (Å²) in [6.07, 6.45) is 0.231. The van der Waals surface area contributed by atoms with Crippen LogP contribution in [0.15, 0.2) is 22.7 Å². The van der Waals surface area contributed by atoms with Gasteiger partial charge in [0.25, 0.3) is 5.91 Å². The Morgan fingerprint density at radius 3 is 2.80 bits per heavy atom. The third-order valence-electron chi connectivity index (χ3n) is 3.65. The highest BCUT2D eigenvalue weighted by Gasteiger charge is 2.34. The highest BCUT2D eigenvalue weighted by Crippen LogP contribution is 2.24. The van der Waals surface area contributed by atoms with Gasteiger partial charge < -0.3 is 14.9 Å². The van der Waals surface area contributed by atoms with Crippen molar-refractivity contribution in [1.82, 2.24) is 9.80 Å². The van der Waals surface area contributed by atoms with E-state index in [1.54, 1.807) is 4.90 Å². The Morgan fingerprint density at radius 1 is 1.50 bits per heavy atom.